The van der Waals surface area contributed by atoms with Crippen LogP contribution in [0.5, 0.6) is 0 Å². The second-order valence-corrected chi connectivity index (χ2v) is 3.24. The smallest absolute Gasteiger partial charge is 0.235 e. The number of nitro groups is 1. The Hall–Kier alpha value is -0.480. The maximum atomic E-state index is 9.93. The molecule has 0 saturated carbocycles. The van der Waals surface area contributed by atoms with Gasteiger partial charge in [0.2, 0.25) is 6.20 Å². The van der Waals surface area contributed by atoms with Gasteiger partial charge < -0.3 is 0 Å². The van der Waals surface area contributed by atoms with Crippen molar-refractivity contribution >= 4 is 23.4 Å². The van der Waals surface area contributed by atoms with Crippen LogP contribution in [0.1, 0.15) is 13.3 Å². The zero-order valence-electron chi connectivity index (χ0n) is 6.91. The van der Waals surface area contributed by atoms with E-state index in [1.165, 1.54) is 17.8 Å². The fraction of sp³-hybridized carbons (Fsp3) is 0.429. The molecule has 0 aromatic rings. The molecule has 68 valence electrons. The summed E-state index contributed by atoms with van der Waals surface area (Å²) < 4.78 is 0. The number of hydrogen-bond donors (Lipinski definition) is 0. The van der Waals surface area contributed by atoms with Gasteiger partial charge >= 0.3 is 0 Å². The number of thioether (sulfide) groups is 1. The van der Waals surface area contributed by atoms with Gasteiger partial charge in [0.1, 0.15) is 0 Å². The van der Waals surface area contributed by atoms with Crippen molar-refractivity contribution in [3.8, 4) is 0 Å². The molecule has 0 aliphatic carbocycles. The molecule has 0 amide bonds. The van der Waals surface area contributed by atoms with E-state index >= 15 is 0 Å². The Kier molecular flexibility index (Phi) is 5.84. The molecule has 0 rings (SSSR count). The number of allylic oxidation sites excluding steroid dienone is 3. The van der Waals surface area contributed by atoms with Crippen molar-refractivity contribution in [3.63, 3.8) is 0 Å². The van der Waals surface area contributed by atoms with Crippen LogP contribution in [0.4, 0.5) is 0 Å². The minimum atomic E-state index is -0.532. The predicted octanol–water partition coefficient (Wildman–Crippen LogP) is 3.00. The van der Waals surface area contributed by atoms with Crippen molar-refractivity contribution in [2.75, 3.05) is 6.26 Å². The van der Waals surface area contributed by atoms with Gasteiger partial charge in [-0.05, 0) is 12.7 Å². The van der Waals surface area contributed by atoms with Crippen LogP contribution in [0, 0.1) is 10.1 Å². The summed E-state index contributed by atoms with van der Waals surface area (Å²) in [6.07, 6.45) is 4.83. The molecule has 0 spiro atoms. The second kappa shape index (κ2) is 6.08. The first-order valence-corrected chi connectivity index (χ1v) is 4.96. The molecule has 0 aromatic heterocycles. The van der Waals surface area contributed by atoms with E-state index in [1.807, 2.05) is 13.2 Å². The summed E-state index contributed by atoms with van der Waals surface area (Å²) in [5.41, 5.74) is 0. The first kappa shape index (κ1) is 11.5. The number of nitrogens with zero attached hydrogens (tertiary/aromatic N) is 1. The summed E-state index contributed by atoms with van der Waals surface area (Å²) in [5, 5.41) is 10.4. The zero-order chi connectivity index (χ0) is 9.56. The topological polar surface area (TPSA) is 43.1 Å². The minimum absolute atomic E-state index is 0.446. The standard InChI is InChI=1S/C7H10ClNO2S/c1-3-7(12-2)6(8)4-5-9(10)11/h4-5H,3H2,1-2H3/b5-4+,7-6-. The minimum Gasteiger partial charge on any atom is -0.259 e. The Morgan fingerprint density at radius 3 is 2.67 bits per heavy atom. The van der Waals surface area contributed by atoms with Crippen molar-refractivity contribution in [2.24, 2.45) is 0 Å². The van der Waals surface area contributed by atoms with E-state index in [0.29, 0.717) is 5.03 Å². The lowest BCUT2D eigenvalue weighted by atomic mass is 10.4. The van der Waals surface area contributed by atoms with E-state index in [4.69, 9.17) is 11.6 Å². The Balaban J connectivity index is 4.43. The van der Waals surface area contributed by atoms with Crippen LogP contribution in [-0.4, -0.2) is 11.2 Å². The van der Waals surface area contributed by atoms with Gasteiger partial charge in [-0.15, -0.1) is 11.8 Å². The average molecular weight is 208 g/mol. The highest BCUT2D eigenvalue weighted by Gasteiger charge is 1.98. The Bertz CT molecular complexity index is 219. The van der Waals surface area contributed by atoms with Gasteiger partial charge in [0.25, 0.3) is 0 Å². The monoisotopic (exact) mass is 207 g/mol. The van der Waals surface area contributed by atoms with E-state index in [-0.39, 0.29) is 0 Å². The molecule has 0 N–H and O–H groups in total. The van der Waals surface area contributed by atoms with E-state index < -0.39 is 4.92 Å². The number of hydrogen-bond acceptors (Lipinski definition) is 3. The van der Waals surface area contributed by atoms with E-state index in [1.54, 1.807) is 0 Å². The summed E-state index contributed by atoms with van der Waals surface area (Å²) in [7, 11) is 0. The van der Waals surface area contributed by atoms with Crippen LogP contribution in [0.15, 0.2) is 22.2 Å². The molecule has 0 unspecified atom stereocenters. The molecule has 3 nitrogen and oxygen atoms in total. The summed E-state index contributed by atoms with van der Waals surface area (Å²) in [4.78, 5) is 10.4. The SMILES string of the molecule is CC/C(SC)=C(Cl)\C=C\[N+](=O)[O-]. The highest BCUT2D eigenvalue weighted by atomic mass is 35.5. The molecule has 5 heteroatoms. The first-order valence-electron chi connectivity index (χ1n) is 3.36. The maximum absolute atomic E-state index is 9.93. The van der Waals surface area contributed by atoms with Gasteiger partial charge in [0, 0.05) is 11.0 Å². The molecule has 0 bridgehead atoms. The van der Waals surface area contributed by atoms with Gasteiger partial charge in [-0.2, -0.15) is 0 Å². The Labute approximate surface area is 80.6 Å². The van der Waals surface area contributed by atoms with Crippen molar-refractivity contribution < 1.29 is 4.92 Å². The van der Waals surface area contributed by atoms with Gasteiger partial charge in [0.05, 0.1) is 9.96 Å². The van der Waals surface area contributed by atoms with Crippen molar-refractivity contribution in [1.29, 1.82) is 0 Å². The molecule has 0 aliphatic heterocycles. The quantitative estimate of drug-likeness (QED) is 0.404. The molecular weight excluding hydrogens is 198 g/mol. The largest absolute Gasteiger partial charge is 0.259 e. The molecular formula is C7H10ClNO2S. The van der Waals surface area contributed by atoms with Gasteiger partial charge in [-0.1, -0.05) is 18.5 Å². The molecule has 0 radical (unpaired) electrons. The third kappa shape index (κ3) is 4.41. The van der Waals surface area contributed by atoms with Crippen LogP contribution in [0.2, 0.25) is 0 Å². The van der Waals surface area contributed by atoms with Gasteiger partial charge in [-0.3, -0.25) is 10.1 Å². The average Bonchev–Trinajstić information content (AvgIpc) is 2.03. The molecule has 12 heavy (non-hydrogen) atoms. The number of halogens is 1. The fourth-order valence-electron chi connectivity index (χ4n) is 0.630. The third-order valence-corrected chi connectivity index (χ3v) is 2.64. The lowest BCUT2D eigenvalue weighted by molar-refractivity contribution is -0.402. The van der Waals surface area contributed by atoms with Crippen LogP contribution >= 0.6 is 23.4 Å². The zero-order valence-corrected chi connectivity index (χ0v) is 8.48. The molecule has 0 fully saturated rings. The summed E-state index contributed by atoms with van der Waals surface area (Å²) in [6.45, 7) is 1.95. The summed E-state index contributed by atoms with van der Waals surface area (Å²) >= 11 is 7.26. The Morgan fingerprint density at radius 1 is 1.75 bits per heavy atom. The van der Waals surface area contributed by atoms with E-state index in [9.17, 15) is 10.1 Å². The second-order valence-electron chi connectivity index (χ2n) is 1.93. The van der Waals surface area contributed by atoms with Crippen molar-refractivity contribution in [3.05, 3.63) is 32.3 Å². The van der Waals surface area contributed by atoms with Crippen LogP contribution < -0.4 is 0 Å². The lowest BCUT2D eigenvalue weighted by Crippen LogP contribution is -1.83. The van der Waals surface area contributed by atoms with Gasteiger partial charge in [0.15, 0.2) is 0 Å². The first-order chi connectivity index (χ1) is 5.61. The van der Waals surface area contributed by atoms with Crippen LogP contribution in [-0.2, 0) is 0 Å². The highest BCUT2D eigenvalue weighted by Crippen LogP contribution is 2.23. The van der Waals surface area contributed by atoms with Crippen molar-refractivity contribution in [1.82, 2.24) is 0 Å². The van der Waals surface area contributed by atoms with Crippen LogP contribution in [0.3, 0.4) is 0 Å². The summed E-state index contributed by atoms with van der Waals surface area (Å²) in [6, 6.07) is 0. The lowest BCUT2D eigenvalue weighted by Gasteiger charge is -1.98. The molecule has 0 atom stereocenters. The van der Waals surface area contributed by atoms with Crippen molar-refractivity contribution in [2.45, 2.75) is 13.3 Å². The van der Waals surface area contributed by atoms with E-state index in [0.717, 1.165) is 17.5 Å². The maximum Gasteiger partial charge on any atom is 0.235 e. The molecule has 0 saturated heterocycles. The van der Waals surface area contributed by atoms with E-state index in [2.05, 4.69) is 0 Å². The molecule has 0 aliphatic rings. The fourth-order valence-corrected chi connectivity index (χ4v) is 1.60. The van der Waals surface area contributed by atoms with Gasteiger partial charge in [-0.25, -0.2) is 0 Å². The predicted molar refractivity (Wildman–Crippen MR) is 52.8 cm³/mol. The Morgan fingerprint density at radius 2 is 2.33 bits per heavy atom. The third-order valence-electron chi connectivity index (χ3n) is 1.18. The number of rotatable bonds is 4. The highest BCUT2D eigenvalue weighted by molar-refractivity contribution is 8.02. The summed E-state index contributed by atoms with van der Waals surface area (Å²) in [5.74, 6) is 0. The molecule has 0 heterocycles. The normalized spacial score (nSPS) is 13.2. The molecule has 0 aromatic carbocycles. The van der Waals surface area contributed by atoms with Crippen LogP contribution in [0.25, 0.3) is 0 Å².